The van der Waals surface area contributed by atoms with Crippen molar-refractivity contribution in [2.75, 3.05) is 45.9 Å². The number of hydrogen-bond donors (Lipinski definition) is 0. The van der Waals surface area contributed by atoms with Crippen LogP contribution in [0.25, 0.3) is 0 Å². The van der Waals surface area contributed by atoms with E-state index in [1.165, 1.54) is 0 Å². The summed E-state index contributed by atoms with van der Waals surface area (Å²) in [6.45, 7) is 5.34. The number of rotatable bonds is 8. The first kappa shape index (κ1) is 18.6. The zero-order valence-electron chi connectivity index (χ0n) is 14.5. The molecule has 0 amide bonds. The summed E-state index contributed by atoms with van der Waals surface area (Å²) < 4.78 is 46.0. The molecule has 1 aliphatic carbocycles. The molecular formula is C16H25F3N4O2. The van der Waals surface area contributed by atoms with Crippen molar-refractivity contribution in [2.45, 2.75) is 44.3 Å². The lowest BCUT2D eigenvalue weighted by atomic mass is 10.2. The van der Waals surface area contributed by atoms with Gasteiger partial charge in [0.15, 0.2) is 5.82 Å². The lowest BCUT2D eigenvalue weighted by Crippen LogP contribution is -2.47. The van der Waals surface area contributed by atoms with Crippen LogP contribution < -0.4 is 0 Å². The third-order valence-electron chi connectivity index (χ3n) is 4.74. The van der Waals surface area contributed by atoms with E-state index in [1.54, 1.807) is 0 Å². The molecular weight excluding hydrogens is 337 g/mol. The maximum atomic E-state index is 12.0. The van der Waals surface area contributed by atoms with Crippen molar-refractivity contribution in [3.63, 3.8) is 0 Å². The van der Waals surface area contributed by atoms with Crippen molar-refractivity contribution in [1.82, 2.24) is 19.9 Å². The van der Waals surface area contributed by atoms with Crippen LogP contribution in [0.5, 0.6) is 0 Å². The molecule has 1 aromatic rings. The zero-order chi connectivity index (χ0) is 17.9. The predicted molar refractivity (Wildman–Crippen MR) is 84.2 cm³/mol. The Hall–Kier alpha value is -1.19. The molecule has 0 bridgehead atoms. The third-order valence-corrected chi connectivity index (χ3v) is 4.74. The number of nitrogens with zero attached hydrogens (tertiary/aromatic N) is 4. The van der Waals surface area contributed by atoms with Crippen molar-refractivity contribution >= 4 is 0 Å². The van der Waals surface area contributed by atoms with Crippen LogP contribution in [-0.2, 0) is 4.74 Å². The normalized spacial score (nSPS) is 21.6. The molecule has 6 nitrogen and oxygen atoms in total. The standard InChI is InChI=1S/C16H25F3N4O2/c1-12(15-20-14(21-25-15)13-3-4-13)23-8-6-22(7-9-23)5-2-10-24-11-16(17,18)19/h12-13H,2-11H2,1H3. The second-order valence-corrected chi connectivity index (χ2v) is 6.84. The maximum Gasteiger partial charge on any atom is 0.411 e. The van der Waals surface area contributed by atoms with Crippen LogP contribution >= 0.6 is 0 Å². The fourth-order valence-electron chi connectivity index (χ4n) is 3.03. The Morgan fingerprint density at radius 1 is 1.24 bits per heavy atom. The van der Waals surface area contributed by atoms with E-state index >= 15 is 0 Å². The molecule has 1 atom stereocenters. The van der Waals surface area contributed by atoms with E-state index in [2.05, 4.69) is 31.6 Å². The second kappa shape index (κ2) is 8.01. The van der Waals surface area contributed by atoms with Crippen molar-refractivity contribution in [2.24, 2.45) is 0 Å². The molecule has 2 aliphatic rings. The maximum absolute atomic E-state index is 12.0. The average molecular weight is 362 g/mol. The zero-order valence-corrected chi connectivity index (χ0v) is 14.5. The fraction of sp³-hybridized carbons (Fsp3) is 0.875. The second-order valence-electron chi connectivity index (χ2n) is 6.84. The minimum Gasteiger partial charge on any atom is -0.372 e. The molecule has 1 unspecified atom stereocenters. The highest BCUT2D eigenvalue weighted by Crippen LogP contribution is 2.38. The van der Waals surface area contributed by atoms with Gasteiger partial charge in [0.2, 0.25) is 5.89 Å². The van der Waals surface area contributed by atoms with Crippen LogP contribution in [0.1, 0.15) is 49.9 Å². The van der Waals surface area contributed by atoms with Gasteiger partial charge < -0.3 is 14.2 Å². The molecule has 0 N–H and O–H groups in total. The highest BCUT2D eigenvalue weighted by atomic mass is 19.4. The Bertz CT molecular complexity index is 540. The van der Waals surface area contributed by atoms with Gasteiger partial charge in [-0.1, -0.05) is 5.16 Å². The molecule has 25 heavy (non-hydrogen) atoms. The summed E-state index contributed by atoms with van der Waals surface area (Å²) in [5, 5.41) is 4.07. The molecule has 2 fully saturated rings. The summed E-state index contributed by atoms with van der Waals surface area (Å²) >= 11 is 0. The van der Waals surface area contributed by atoms with Crippen LogP contribution in [0.2, 0.25) is 0 Å². The van der Waals surface area contributed by atoms with E-state index in [-0.39, 0.29) is 12.6 Å². The third kappa shape index (κ3) is 5.65. The summed E-state index contributed by atoms with van der Waals surface area (Å²) in [5.41, 5.74) is 0. The van der Waals surface area contributed by atoms with Gasteiger partial charge in [0.25, 0.3) is 0 Å². The first-order valence-corrected chi connectivity index (χ1v) is 8.87. The van der Waals surface area contributed by atoms with Crippen LogP contribution in [0.3, 0.4) is 0 Å². The van der Waals surface area contributed by atoms with E-state index in [1.807, 2.05) is 0 Å². The van der Waals surface area contributed by atoms with Gasteiger partial charge in [-0.25, -0.2) is 0 Å². The number of ether oxygens (including phenoxy) is 1. The van der Waals surface area contributed by atoms with Gasteiger partial charge in [-0.2, -0.15) is 18.2 Å². The first-order valence-electron chi connectivity index (χ1n) is 8.87. The highest BCUT2D eigenvalue weighted by Gasteiger charge is 2.31. The van der Waals surface area contributed by atoms with E-state index in [9.17, 15) is 13.2 Å². The van der Waals surface area contributed by atoms with Crippen molar-refractivity contribution in [1.29, 1.82) is 0 Å². The number of hydrogen-bond acceptors (Lipinski definition) is 6. The number of aromatic nitrogens is 2. The quantitative estimate of drug-likeness (QED) is 0.663. The summed E-state index contributed by atoms with van der Waals surface area (Å²) in [6.07, 6.45) is -1.33. The number of piperazine rings is 1. The Balaban J connectivity index is 1.33. The van der Waals surface area contributed by atoms with Crippen molar-refractivity contribution in [3.05, 3.63) is 11.7 Å². The Labute approximate surface area is 145 Å². The lowest BCUT2D eigenvalue weighted by Gasteiger charge is -2.36. The van der Waals surface area contributed by atoms with Crippen molar-refractivity contribution < 1.29 is 22.4 Å². The van der Waals surface area contributed by atoms with E-state index in [0.29, 0.717) is 18.2 Å². The first-order chi connectivity index (χ1) is 11.9. The fourth-order valence-corrected chi connectivity index (χ4v) is 3.03. The molecule has 1 aromatic heterocycles. The molecule has 1 saturated carbocycles. The molecule has 1 saturated heterocycles. The van der Waals surface area contributed by atoms with Crippen molar-refractivity contribution in [3.8, 4) is 0 Å². The van der Waals surface area contributed by atoms with Gasteiger partial charge in [0.05, 0.1) is 6.04 Å². The van der Waals surface area contributed by atoms with Gasteiger partial charge in [-0.15, -0.1) is 0 Å². The van der Waals surface area contributed by atoms with Gasteiger partial charge in [0, 0.05) is 45.2 Å². The minimum atomic E-state index is -4.24. The number of halogens is 3. The van der Waals surface area contributed by atoms with Gasteiger partial charge in [-0.3, -0.25) is 4.90 Å². The molecule has 142 valence electrons. The molecule has 1 aliphatic heterocycles. The molecule has 2 heterocycles. The Morgan fingerprint density at radius 2 is 1.96 bits per heavy atom. The molecule has 3 rings (SSSR count). The Morgan fingerprint density at radius 3 is 2.60 bits per heavy atom. The van der Waals surface area contributed by atoms with Crippen LogP contribution in [0, 0.1) is 0 Å². The summed E-state index contributed by atoms with van der Waals surface area (Å²) in [7, 11) is 0. The van der Waals surface area contributed by atoms with Gasteiger partial charge >= 0.3 is 6.18 Å². The molecule has 9 heteroatoms. The van der Waals surface area contributed by atoms with Gasteiger partial charge in [0.1, 0.15) is 6.61 Å². The summed E-state index contributed by atoms with van der Waals surface area (Å²) in [5.74, 6) is 2.00. The van der Waals surface area contributed by atoms with Gasteiger partial charge in [-0.05, 0) is 26.2 Å². The molecule has 0 aromatic carbocycles. The highest BCUT2D eigenvalue weighted by molar-refractivity contribution is 5.04. The summed E-state index contributed by atoms with van der Waals surface area (Å²) in [4.78, 5) is 9.07. The van der Waals surface area contributed by atoms with E-state index in [4.69, 9.17) is 4.52 Å². The molecule has 0 spiro atoms. The van der Waals surface area contributed by atoms with E-state index in [0.717, 1.165) is 51.4 Å². The smallest absolute Gasteiger partial charge is 0.372 e. The summed E-state index contributed by atoms with van der Waals surface area (Å²) in [6, 6.07) is 0.0947. The minimum absolute atomic E-state index is 0.0947. The molecule has 0 radical (unpaired) electrons. The van der Waals surface area contributed by atoms with Crippen LogP contribution in [0.15, 0.2) is 4.52 Å². The largest absolute Gasteiger partial charge is 0.411 e. The van der Waals surface area contributed by atoms with E-state index < -0.39 is 12.8 Å². The van der Waals surface area contributed by atoms with Crippen LogP contribution in [0.4, 0.5) is 13.2 Å². The van der Waals surface area contributed by atoms with Crippen LogP contribution in [-0.4, -0.2) is 72.1 Å². The predicted octanol–water partition coefficient (Wildman–Crippen LogP) is 2.59. The average Bonchev–Trinajstić information content (AvgIpc) is 3.31. The monoisotopic (exact) mass is 362 g/mol. The Kier molecular flexibility index (Phi) is 5.96. The lowest BCUT2D eigenvalue weighted by molar-refractivity contribution is -0.174. The topological polar surface area (TPSA) is 54.6 Å². The number of alkyl halides is 3. The SMILES string of the molecule is CC(c1nc(C2CC2)no1)N1CCN(CCCOCC(F)(F)F)CC1.